The van der Waals surface area contributed by atoms with E-state index in [0.29, 0.717) is 36.5 Å². The van der Waals surface area contributed by atoms with Crippen LogP contribution < -0.4 is 15.0 Å². The number of nitrogens with one attached hydrogen (secondary N) is 1. The monoisotopic (exact) mass is 419 g/mol. The lowest BCUT2D eigenvalue weighted by Crippen LogP contribution is -2.33. The molecule has 0 aliphatic carbocycles. The molecule has 1 aliphatic rings. The lowest BCUT2D eigenvalue weighted by molar-refractivity contribution is -0.119. The first-order valence-electron chi connectivity index (χ1n) is 10.1. The third-order valence-electron chi connectivity index (χ3n) is 5.12. The minimum Gasteiger partial charge on any atom is -0.438 e. The summed E-state index contributed by atoms with van der Waals surface area (Å²) in [5.41, 5.74) is 2.32. The number of rotatable bonds is 6. The van der Waals surface area contributed by atoms with Crippen molar-refractivity contribution < 1.29 is 18.7 Å². The van der Waals surface area contributed by atoms with E-state index in [-0.39, 0.29) is 17.6 Å². The molecule has 4 rings (SSSR count). The molecule has 3 aromatic rings. The molecule has 1 N–H and O–H groups in total. The average molecular weight is 419 g/mol. The number of ketones is 1. The van der Waals surface area contributed by atoms with Crippen molar-refractivity contribution in [2.75, 3.05) is 18.0 Å². The number of hydrogen-bond donors (Lipinski definition) is 1. The second-order valence-corrected chi connectivity index (χ2v) is 7.29. The third kappa shape index (κ3) is 5.25. The minimum absolute atomic E-state index is 0.154. The number of pyridine rings is 1. The van der Waals surface area contributed by atoms with Crippen molar-refractivity contribution in [3.8, 4) is 11.6 Å². The van der Waals surface area contributed by atoms with Gasteiger partial charge in [0.05, 0.1) is 0 Å². The average Bonchev–Trinajstić information content (AvgIpc) is 2.80. The predicted molar refractivity (Wildman–Crippen MR) is 115 cm³/mol. The molecular weight excluding hydrogens is 397 g/mol. The normalized spacial score (nSPS) is 13.7. The van der Waals surface area contributed by atoms with Gasteiger partial charge < -0.3 is 15.0 Å². The van der Waals surface area contributed by atoms with Gasteiger partial charge in [-0.05, 0) is 54.1 Å². The summed E-state index contributed by atoms with van der Waals surface area (Å²) in [6.45, 7) is 1.84. The van der Waals surface area contributed by atoms with Gasteiger partial charge in [0.25, 0.3) is 5.91 Å². The van der Waals surface area contributed by atoms with Crippen molar-refractivity contribution in [1.29, 1.82) is 0 Å². The highest BCUT2D eigenvalue weighted by molar-refractivity contribution is 5.96. The molecule has 0 bridgehead atoms. The van der Waals surface area contributed by atoms with Crippen LogP contribution in [-0.4, -0.2) is 29.8 Å². The molecule has 0 atom stereocenters. The first-order chi connectivity index (χ1) is 15.1. The van der Waals surface area contributed by atoms with Crippen LogP contribution in [0.1, 0.15) is 28.8 Å². The molecule has 0 saturated carbocycles. The maximum absolute atomic E-state index is 13.1. The number of piperidine rings is 1. The van der Waals surface area contributed by atoms with Gasteiger partial charge in [0.1, 0.15) is 22.9 Å². The number of hydrogen-bond acceptors (Lipinski definition) is 5. The van der Waals surface area contributed by atoms with Crippen molar-refractivity contribution in [3.63, 3.8) is 0 Å². The molecular formula is C24H22FN3O3. The summed E-state index contributed by atoms with van der Waals surface area (Å²) in [5.74, 6) is 0.175. The SMILES string of the molecule is O=C1CCN(c2ccc(CNC(=O)c3cccnc3Oc3ccc(F)cc3)cc2)CC1. The first kappa shape index (κ1) is 20.5. The lowest BCUT2D eigenvalue weighted by atomic mass is 10.1. The number of anilines is 1. The van der Waals surface area contributed by atoms with E-state index in [1.165, 1.54) is 30.5 Å². The number of carbonyl (C=O) groups is 2. The van der Waals surface area contributed by atoms with E-state index in [4.69, 9.17) is 4.74 Å². The van der Waals surface area contributed by atoms with E-state index < -0.39 is 0 Å². The number of halogens is 1. The summed E-state index contributed by atoms with van der Waals surface area (Å²) in [4.78, 5) is 30.4. The number of amides is 1. The molecule has 0 radical (unpaired) electrons. The second-order valence-electron chi connectivity index (χ2n) is 7.29. The van der Waals surface area contributed by atoms with Gasteiger partial charge in [0.15, 0.2) is 0 Å². The Bertz CT molecular complexity index is 1060. The Morgan fingerprint density at radius 2 is 1.74 bits per heavy atom. The Labute approximate surface area is 179 Å². The Kier molecular flexibility index (Phi) is 6.21. The number of benzene rings is 2. The fourth-order valence-electron chi connectivity index (χ4n) is 3.38. The number of ether oxygens (including phenoxy) is 1. The summed E-state index contributed by atoms with van der Waals surface area (Å²) in [6, 6.07) is 16.7. The number of carbonyl (C=O) groups excluding carboxylic acids is 2. The summed E-state index contributed by atoms with van der Waals surface area (Å²) in [5, 5.41) is 2.88. The van der Waals surface area contributed by atoms with Crippen LogP contribution in [0.5, 0.6) is 11.6 Å². The maximum atomic E-state index is 13.1. The van der Waals surface area contributed by atoms with E-state index in [2.05, 4.69) is 15.2 Å². The van der Waals surface area contributed by atoms with Crippen LogP contribution in [0.15, 0.2) is 66.9 Å². The quantitative estimate of drug-likeness (QED) is 0.651. The van der Waals surface area contributed by atoms with Gasteiger partial charge in [0.2, 0.25) is 5.88 Å². The molecule has 1 amide bonds. The molecule has 2 heterocycles. The van der Waals surface area contributed by atoms with E-state index in [9.17, 15) is 14.0 Å². The van der Waals surface area contributed by atoms with E-state index >= 15 is 0 Å². The molecule has 0 unspecified atom stereocenters. The summed E-state index contributed by atoms with van der Waals surface area (Å²) < 4.78 is 18.7. The number of aromatic nitrogens is 1. The van der Waals surface area contributed by atoms with Crippen molar-refractivity contribution in [2.24, 2.45) is 0 Å². The lowest BCUT2D eigenvalue weighted by Gasteiger charge is -2.28. The van der Waals surface area contributed by atoms with Gasteiger partial charge in [-0.3, -0.25) is 9.59 Å². The van der Waals surface area contributed by atoms with Gasteiger partial charge in [-0.1, -0.05) is 12.1 Å². The zero-order valence-electron chi connectivity index (χ0n) is 16.9. The third-order valence-corrected chi connectivity index (χ3v) is 5.12. The Morgan fingerprint density at radius 1 is 1.03 bits per heavy atom. The van der Waals surface area contributed by atoms with Crippen LogP contribution >= 0.6 is 0 Å². The molecule has 2 aromatic carbocycles. The molecule has 6 nitrogen and oxygen atoms in total. The highest BCUT2D eigenvalue weighted by atomic mass is 19.1. The first-order valence-corrected chi connectivity index (χ1v) is 10.1. The van der Waals surface area contributed by atoms with Crippen molar-refractivity contribution >= 4 is 17.4 Å². The standard InChI is InChI=1S/C24H22FN3O3/c25-18-5-9-21(10-6-18)31-24-22(2-1-13-26-24)23(30)27-16-17-3-7-19(8-4-17)28-14-11-20(29)12-15-28/h1-10,13H,11-12,14-16H2,(H,27,30). The maximum Gasteiger partial charge on any atom is 0.257 e. The molecule has 1 aromatic heterocycles. The fraction of sp³-hybridized carbons (Fsp3) is 0.208. The van der Waals surface area contributed by atoms with Crippen LogP contribution in [0.4, 0.5) is 10.1 Å². The van der Waals surface area contributed by atoms with Crippen LogP contribution in [0, 0.1) is 5.82 Å². The fourth-order valence-corrected chi connectivity index (χ4v) is 3.38. The molecule has 0 spiro atoms. The van der Waals surface area contributed by atoms with Crippen LogP contribution in [0.2, 0.25) is 0 Å². The van der Waals surface area contributed by atoms with E-state index in [0.717, 1.165) is 24.3 Å². The predicted octanol–water partition coefficient (Wildman–Crippen LogP) is 4.11. The van der Waals surface area contributed by atoms with Gasteiger partial charge in [-0.2, -0.15) is 0 Å². The summed E-state index contributed by atoms with van der Waals surface area (Å²) in [6.07, 6.45) is 2.71. The topological polar surface area (TPSA) is 71.5 Å². The highest BCUT2D eigenvalue weighted by Crippen LogP contribution is 2.23. The largest absolute Gasteiger partial charge is 0.438 e. The summed E-state index contributed by atoms with van der Waals surface area (Å²) in [7, 11) is 0. The highest BCUT2D eigenvalue weighted by Gasteiger charge is 2.17. The Hall–Kier alpha value is -3.74. The summed E-state index contributed by atoms with van der Waals surface area (Å²) >= 11 is 0. The van der Waals surface area contributed by atoms with Gasteiger partial charge in [0, 0.05) is 44.4 Å². The van der Waals surface area contributed by atoms with Crippen LogP contribution in [0.3, 0.4) is 0 Å². The molecule has 7 heteroatoms. The van der Waals surface area contributed by atoms with Crippen molar-refractivity contribution in [1.82, 2.24) is 10.3 Å². The minimum atomic E-state index is -0.369. The molecule has 158 valence electrons. The smallest absolute Gasteiger partial charge is 0.257 e. The second kappa shape index (κ2) is 9.38. The van der Waals surface area contributed by atoms with E-state index in [1.807, 2.05) is 24.3 Å². The molecule has 1 fully saturated rings. The van der Waals surface area contributed by atoms with Crippen molar-refractivity contribution in [3.05, 3.63) is 83.8 Å². The molecule has 1 saturated heterocycles. The van der Waals surface area contributed by atoms with Crippen LogP contribution in [-0.2, 0) is 11.3 Å². The Balaban J connectivity index is 1.37. The zero-order chi connectivity index (χ0) is 21.6. The van der Waals surface area contributed by atoms with Crippen LogP contribution in [0.25, 0.3) is 0 Å². The van der Waals surface area contributed by atoms with Gasteiger partial charge >= 0.3 is 0 Å². The Morgan fingerprint density at radius 3 is 2.45 bits per heavy atom. The molecule has 1 aliphatic heterocycles. The van der Waals surface area contributed by atoms with Crippen molar-refractivity contribution in [2.45, 2.75) is 19.4 Å². The number of Topliss-reactive ketones (excluding diaryl/α,β-unsaturated/α-hetero) is 1. The number of nitrogens with zero attached hydrogens (tertiary/aromatic N) is 2. The molecule has 31 heavy (non-hydrogen) atoms. The van der Waals surface area contributed by atoms with Gasteiger partial charge in [-0.25, -0.2) is 9.37 Å². The van der Waals surface area contributed by atoms with Gasteiger partial charge in [-0.15, -0.1) is 0 Å². The van der Waals surface area contributed by atoms with E-state index in [1.54, 1.807) is 12.1 Å². The zero-order valence-corrected chi connectivity index (χ0v) is 16.9.